The van der Waals surface area contributed by atoms with Crippen LogP contribution in [-0.4, -0.2) is 36.1 Å². The van der Waals surface area contributed by atoms with Gasteiger partial charge in [-0.05, 0) is 18.8 Å². The van der Waals surface area contributed by atoms with Crippen molar-refractivity contribution in [1.82, 2.24) is 10.6 Å². The summed E-state index contributed by atoms with van der Waals surface area (Å²) >= 11 is 0. The largest absolute Gasteiger partial charge is 0.481 e. The number of nitrogens with one attached hydrogen (secondary N) is 2. The lowest BCUT2D eigenvalue weighted by molar-refractivity contribution is -0.144. The third kappa shape index (κ3) is 5.58. The highest BCUT2D eigenvalue weighted by molar-refractivity contribution is 5.77. The Morgan fingerprint density at radius 3 is 2.47 bits per heavy atom. The molecule has 0 aliphatic heterocycles. The minimum atomic E-state index is -0.791. The van der Waals surface area contributed by atoms with Crippen molar-refractivity contribution in [3.63, 3.8) is 0 Å². The van der Waals surface area contributed by atoms with Gasteiger partial charge in [0, 0.05) is 19.5 Å². The molecule has 7 heteroatoms. The van der Waals surface area contributed by atoms with E-state index in [-0.39, 0.29) is 24.8 Å². The van der Waals surface area contributed by atoms with Crippen molar-refractivity contribution in [3.8, 4) is 0 Å². The van der Waals surface area contributed by atoms with Gasteiger partial charge in [0.2, 0.25) is 5.91 Å². The third-order valence-corrected chi connectivity index (χ3v) is 3.41. The van der Waals surface area contributed by atoms with E-state index in [1.54, 1.807) is 0 Å². The molecule has 0 heterocycles. The smallest absolute Gasteiger partial charge is 0.314 e. The Balaban J connectivity index is 2.27. The van der Waals surface area contributed by atoms with E-state index in [0.717, 1.165) is 19.3 Å². The number of carbonyl (C=O) groups is 3. The molecule has 7 nitrogen and oxygen atoms in total. The van der Waals surface area contributed by atoms with Crippen molar-refractivity contribution in [1.29, 1.82) is 0 Å². The molecule has 5 N–H and O–H groups in total. The Kier molecular flexibility index (Phi) is 6.11. The van der Waals surface area contributed by atoms with Crippen LogP contribution >= 0.6 is 0 Å². The maximum Gasteiger partial charge on any atom is 0.314 e. The Morgan fingerprint density at radius 1 is 1.16 bits per heavy atom. The van der Waals surface area contributed by atoms with Gasteiger partial charge in [-0.3, -0.25) is 9.59 Å². The first-order valence-electron chi connectivity index (χ1n) is 6.53. The highest BCUT2D eigenvalue weighted by Gasteiger charge is 2.30. The van der Waals surface area contributed by atoms with E-state index in [1.165, 1.54) is 0 Å². The fraction of sp³-hybridized carbons (Fsp3) is 0.750. The zero-order valence-electron chi connectivity index (χ0n) is 10.9. The standard InChI is InChI=1S/C12H21N3O4/c13-10(16)5-6-14-12(19)15-7-8-3-1-2-4-9(8)11(17)18/h8-9H,1-7H2,(H2,13,16)(H,17,18)(H2,14,15,19). The van der Waals surface area contributed by atoms with Gasteiger partial charge in [0.05, 0.1) is 5.92 Å². The van der Waals surface area contributed by atoms with Crippen LogP contribution in [0.2, 0.25) is 0 Å². The first-order valence-corrected chi connectivity index (χ1v) is 6.53. The molecule has 0 aromatic carbocycles. The monoisotopic (exact) mass is 271 g/mol. The van der Waals surface area contributed by atoms with E-state index >= 15 is 0 Å². The van der Waals surface area contributed by atoms with Crippen LogP contribution in [0.3, 0.4) is 0 Å². The fourth-order valence-corrected chi connectivity index (χ4v) is 2.36. The highest BCUT2D eigenvalue weighted by atomic mass is 16.4. The van der Waals surface area contributed by atoms with Crippen molar-refractivity contribution in [2.45, 2.75) is 32.1 Å². The van der Waals surface area contributed by atoms with Crippen LogP contribution in [0.5, 0.6) is 0 Å². The number of hydrogen-bond donors (Lipinski definition) is 4. The van der Waals surface area contributed by atoms with Crippen molar-refractivity contribution >= 4 is 17.9 Å². The molecule has 1 saturated carbocycles. The summed E-state index contributed by atoms with van der Waals surface area (Å²) in [4.78, 5) is 33.0. The number of aliphatic carboxylic acids is 1. The quantitative estimate of drug-likeness (QED) is 0.545. The molecule has 1 aliphatic rings. The number of hydrogen-bond acceptors (Lipinski definition) is 3. The summed E-state index contributed by atoms with van der Waals surface area (Å²) in [5.74, 6) is -1.66. The van der Waals surface area contributed by atoms with Crippen LogP contribution in [0, 0.1) is 11.8 Å². The maximum atomic E-state index is 11.4. The predicted octanol–water partition coefficient (Wildman–Crippen LogP) is 0.0520. The summed E-state index contributed by atoms with van der Waals surface area (Å²) < 4.78 is 0. The van der Waals surface area contributed by atoms with E-state index in [4.69, 9.17) is 10.8 Å². The minimum absolute atomic E-state index is 0.0202. The number of primary amides is 1. The molecule has 1 fully saturated rings. The first-order chi connectivity index (χ1) is 9.00. The zero-order chi connectivity index (χ0) is 14.3. The average Bonchev–Trinajstić information content (AvgIpc) is 2.36. The molecule has 0 saturated heterocycles. The average molecular weight is 271 g/mol. The summed E-state index contributed by atoms with van der Waals surface area (Å²) in [5.41, 5.74) is 4.95. The predicted molar refractivity (Wildman–Crippen MR) is 68.3 cm³/mol. The van der Waals surface area contributed by atoms with Crippen LogP contribution in [-0.2, 0) is 9.59 Å². The lowest BCUT2D eigenvalue weighted by Gasteiger charge is -2.28. The van der Waals surface area contributed by atoms with Gasteiger partial charge in [-0.1, -0.05) is 12.8 Å². The Morgan fingerprint density at radius 2 is 1.84 bits per heavy atom. The van der Waals surface area contributed by atoms with E-state index in [0.29, 0.717) is 13.0 Å². The SMILES string of the molecule is NC(=O)CCNC(=O)NCC1CCCCC1C(=O)O. The number of rotatable bonds is 6. The number of carboxylic acids is 1. The number of nitrogens with two attached hydrogens (primary N) is 1. The molecular formula is C12H21N3O4. The summed E-state index contributed by atoms with van der Waals surface area (Å²) in [5, 5.41) is 14.2. The molecule has 1 rings (SSSR count). The molecule has 3 amide bonds. The van der Waals surface area contributed by atoms with Crippen LogP contribution in [0.25, 0.3) is 0 Å². The van der Waals surface area contributed by atoms with Crippen molar-refractivity contribution in [2.75, 3.05) is 13.1 Å². The van der Waals surface area contributed by atoms with Gasteiger partial charge >= 0.3 is 12.0 Å². The molecule has 2 atom stereocenters. The lowest BCUT2D eigenvalue weighted by atomic mass is 9.79. The molecular weight excluding hydrogens is 250 g/mol. The van der Waals surface area contributed by atoms with Crippen LogP contribution < -0.4 is 16.4 Å². The molecule has 2 unspecified atom stereocenters. The number of carbonyl (C=O) groups excluding carboxylic acids is 2. The zero-order valence-corrected chi connectivity index (χ0v) is 10.9. The molecule has 19 heavy (non-hydrogen) atoms. The normalized spacial score (nSPS) is 22.5. The number of urea groups is 1. The maximum absolute atomic E-state index is 11.4. The van der Waals surface area contributed by atoms with Crippen molar-refractivity contribution in [3.05, 3.63) is 0 Å². The second-order valence-corrected chi connectivity index (χ2v) is 4.84. The van der Waals surface area contributed by atoms with Gasteiger partial charge in [0.15, 0.2) is 0 Å². The fourth-order valence-electron chi connectivity index (χ4n) is 2.36. The van der Waals surface area contributed by atoms with Gasteiger partial charge in [-0.25, -0.2) is 4.79 Å². The van der Waals surface area contributed by atoms with Gasteiger partial charge in [0.1, 0.15) is 0 Å². The molecule has 1 aliphatic carbocycles. The van der Waals surface area contributed by atoms with E-state index < -0.39 is 17.9 Å². The molecule has 0 radical (unpaired) electrons. The van der Waals surface area contributed by atoms with Gasteiger partial charge in [-0.2, -0.15) is 0 Å². The number of amides is 3. The minimum Gasteiger partial charge on any atom is -0.481 e. The van der Waals surface area contributed by atoms with Gasteiger partial charge in [0.25, 0.3) is 0 Å². The van der Waals surface area contributed by atoms with Gasteiger partial charge < -0.3 is 21.5 Å². The Bertz CT molecular complexity index is 346. The molecule has 0 aromatic heterocycles. The summed E-state index contributed by atoms with van der Waals surface area (Å²) in [6.45, 7) is 0.535. The first kappa shape index (κ1) is 15.3. The van der Waals surface area contributed by atoms with E-state index in [2.05, 4.69) is 10.6 Å². The van der Waals surface area contributed by atoms with E-state index in [9.17, 15) is 14.4 Å². The summed E-state index contributed by atoms with van der Waals surface area (Å²) in [6.07, 6.45) is 3.51. The number of carboxylic acid groups (broad SMARTS) is 1. The lowest BCUT2D eigenvalue weighted by Crippen LogP contribution is -2.42. The van der Waals surface area contributed by atoms with Crippen LogP contribution in [0.1, 0.15) is 32.1 Å². The van der Waals surface area contributed by atoms with Crippen molar-refractivity contribution in [2.24, 2.45) is 17.6 Å². The van der Waals surface area contributed by atoms with Crippen LogP contribution in [0.15, 0.2) is 0 Å². The van der Waals surface area contributed by atoms with Crippen molar-refractivity contribution < 1.29 is 19.5 Å². The highest BCUT2D eigenvalue weighted by Crippen LogP contribution is 2.29. The molecule has 0 spiro atoms. The summed E-state index contributed by atoms with van der Waals surface area (Å²) in [6, 6.07) is -0.393. The topological polar surface area (TPSA) is 122 Å². The van der Waals surface area contributed by atoms with E-state index in [1.807, 2.05) is 0 Å². The van der Waals surface area contributed by atoms with Crippen LogP contribution in [0.4, 0.5) is 4.79 Å². The second-order valence-electron chi connectivity index (χ2n) is 4.84. The molecule has 108 valence electrons. The molecule has 0 bridgehead atoms. The third-order valence-electron chi connectivity index (χ3n) is 3.41. The Hall–Kier alpha value is -1.79. The van der Waals surface area contributed by atoms with Gasteiger partial charge in [-0.15, -0.1) is 0 Å². The summed E-state index contributed by atoms with van der Waals surface area (Å²) in [7, 11) is 0. The molecule has 0 aromatic rings. The Labute approximate surface area is 111 Å². The second kappa shape index (κ2) is 7.60.